The molecule has 20 heavy (non-hydrogen) atoms. The summed E-state index contributed by atoms with van der Waals surface area (Å²) in [7, 11) is 0. The van der Waals surface area contributed by atoms with Crippen LogP contribution in [0.1, 0.15) is 47.7 Å². The van der Waals surface area contributed by atoms with Crippen molar-refractivity contribution >= 4 is 11.9 Å². The minimum atomic E-state index is -0.879. The van der Waals surface area contributed by atoms with Gasteiger partial charge in [0.2, 0.25) is 0 Å². The number of carboxylic acid groups (broad SMARTS) is 1. The van der Waals surface area contributed by atoms with Gasteiger partial charge in [-0.1, -0.05) is 13.8 Å². The molecule has 1 unspecified atom stereocenters. The first kappa shape index (κ1) is 16.3. The molecule has 0 saturated heterocycles. The van der Waals surface area contributed by atoms with Gasteiger partial charge >= 0.3 is 5.97 Å². The van der Waals surface area contributed by atoms with Crippen LogP contribution in [-0.4, -0.2) is 23.5 Å². The molecular weight excluding hydrogens is 258 g/mol. The van der Waals surface area contributed by atoms with E-state index >= 15 is 0 Å². The summed E-state index contributed by atoms with van der Waals surface area (Å²) in [6.45, 7) is 9.42. The molecule has 0 bridgehead atoms. The van der Waals surface area contributed by atoms with Gasteiger partial charge < -0.3 is 14.8 Å². The van der Waals surface area contributed by atoms with Crippen LogP contribution in [0.25, 0.3) is 0 Å². The van der Waals surface area contributed by atoms with Gasteiger partial charge in [-0.3, -0.25) is 9.59 Å². The Hall–Kier alpha value is -1.78. The molecule has 2 N–H and O–H groups in total. The summed E-state index contributed by atoms with van der Waals surface area (Å²) in [4.78, 5) is 23.3. The molecule has 0 radical (unpaired) electrons. The fourth-order valence-corrected chi connectivity index (χ4v) is 2.27. The lowest BCUT2D eigenvalue weighted by atomic mass is 9.97. The van der Waals surface area contributed by atoms with Crippen LogP contribution in [-0.2, 0) is 4.79 Å². The second-order valence-corrected chi connectivity index (χ2v) is 5.59. The van der Waals surface area contributed by atoms with Crippen LogP contribution in [0.2, 0.25) is 0 Å². The van der Waals surface area contributed by atoms with Crippen LogP contribution in [0.5, 0.6) is 0 Å². The first-order valence-corrected chi connectivity index (χ1v) is 6.81. The number of carbonyl (C=O) groups excluding carboxylic acids is 1. The molecule has 0 fully saturated rings. The van der Waals surface area contributed by atoms with Crippen molar-refractivity contribution in [2.24, 2.45) is 11.8 Å². The molecule has 1 aromatic heterocycles. The lowest BCUT2D eigenvalue weighted by Crippen LogP contribution is -2.34. The average Bonchev–Trinajstić information content (AvgIpc) is 2.57. The van der Waals surface area contributed by atoms with E-state index in [0.29, 0.717) is 23.5 Å². The monoisotopic (exact) mass is 281 g/mol. The van der Waals surface area contributed by atoms with Gasteiger partial charge in [-0.05, 0) is 33.1 Å². The predicted octanol–water partition coefficient (Wildman–Crippen LogP) is 2.68. The predicted molar refractivity (Wildman–Crippen MR) is 75.8 cm³/mol. The van der Waals surface area contributed by atoms with Gasteiger partial charge in [0.1, 0.15) is 11.5 Å². The van der Waals surface area contributed by atoms with Crippen LogP contribution in [0.3, 0.4) is 0 Å². The Morgan fingerprint density at radius 2 is 1.80 bits per heavy atom. The SMILES string of the molecule is Cc1oc(C)c(C(=O)NCC(CC(C)C)C(=O)O)c1C. The first-order valence-electron chi connectivity index (χ1n) is 6.81. The van der Waals surface area contributed by atoms with E-state index in [1.165, 1.54) is 0 Å². The van der Waals surface area contributed by atoms with Crippen LogP contribution >= 0.6 is 0 Å². The zero-order valence-electron chi connectivity index (χ0n) is 12.7. The summed E-state index contributed by atoms with van der Waals surface area (Å²) < 4.78 is 5.41. The maximum atomic E-state index is 12.1. The van der Waals surface area contributed by atoms with Crippen LogP contribution in [0.4, 0.5) is 0 Å². The van der Waals surface area contributed by atoms with E-state index < -0.39 is 11.9 Å². The summed E-state index contributed by atoms with van der Waals surface area (Å²) in [6, 6.07) is 0. The molecule has 0 aliphatic heterocycles. The molecule has 1 aromatic rings. The number of nitrogens with one attached hydrogen (secondary N) is 1. The number of furan rings is 1. The van der Waals surface area contributed by atoms with Gasteiger partial charge in [-0.25, -0.2) is 0 Å². The normalized spacial score (nSPS) is 12.5. The Balaban J connectivity index is 2.73. The average molecular weight is 281 g/mol. The molecule has 0 aliphatic rings. The standard InChI is InChI=1S/C15H23NO4/c1-8(2)6-12(15(18)19)7-16-14(17)13-9(3)10(4)20-11(13)5/h8,12H,6-7H2,1-5H3,(H,16,17)(H,18,19). The van der Waals surface area contributed by atoms with E-state index in [1.807, 2.05) is 20.8 Å². The summed E-state index contributed by atoms with van der Waals surface area (Å²) in [6.07, 6.45) is 0.540. The summed E-state index contributed by atoms with van der Waals surface area (Å²) in [5, 5.41) is 11.9. The van der Waals surface area contributed by atoms with Crippen molar-refractivity contribution in [3.05, 3.63) is 22.6 Å². The number of rotatable bonds is 6. The van der Waals surface area contributed by atoms with Crippen molar-refractivity contribution in [2.45, 2.75) is 41.0 Å². The number of carboxylic acids is 1. The smallest absolute Gasteiger partial charge is 0.308 e. The van der Waals surface area contributed by atoms with Gasteiger partial charge in [0, 0.05) is 12.1 Å². The molecule has 1 amide bonds. The van der Waals surface area contributed by atoms with E-state index in [2.05, 4.69) is 5.32 Å². The van der Waals surface area contributed by atoms with E-state index in [-0.39, 0.29) is 18.4 Å². The fourth-order valence-electron chi connectivity index (χ4n) is 2.27. The Bertz CT molecular complexity index is 502. The molecule has 0 aliphatic carbocycles. The van der Waals surface area contributed by atoms with Gasteiger partial charge in [-0.15, -0.1) is 0 Å². The minimum absolute atomic E-state index is 0.134. The van der Waals surface area contributed by atoms with Crippen LogP contribution in [0.15, 0.2) is 4.42 Å². The molecule has 1 heterocycles. The maximum Gasteiger partial charge on any atom is 0.308 e. The van der Waals surface area contributed by atoms with E-state index in [1.54, 1.807) is 13.8 Å². The molecule has 0 spiro atoms. The Kier molecular flexibility index (Phi) is 5.36. The zero-order valence-corrected chi connectivity index (χ0v) is 12.7. The lowest BCUT2D eigenvalue weighted by molar-refractivity contribution is -0.142. The fraction of sp³-hybridized carbons (Fsp3) is 0.600. The molecule has 1 atom stereocenters. The molecule has 112 valence electrons. The van der Waals surface area contributed by atoms with Gasteiger partial charge in [0.25, 0.3) is 5.91 Å². The molecule has 5 nitrogen and oxygen atoms in total. The second kappa shape index (κ2) is 6.59. The van der Waals surface area contributed by atoms with Gasteiger partial charge in [0.05, 0.1) is 11.5 Å². The highest BCUT2D eigenvalue weighted by Crippen LogP contribution is 2.20. The zero-order chi connectivity index (χ0) is 15.4. The maximum absolute atomic E-state index is 12.1. The largest absolute Gasteiger partial charge is 0.481 e. The van der Waals surface area contributed by atoms with E-state index in [4.69, 9.17) is 9.52 Å². The third kappa shape index (κ3) is 3.85. The number of amides is 1. The third-order valence-corrected chi connectivity index (χ3v) is 3.40. The molecular formula is C15H23NO4. The second-order valence-electron chi connectivity index (χ2n) is 5.59. The summed E-state index contributed by atoms with van der Waals surface area (Å²) >= 11 is 0. The summed E-state index contributed by atoms with van der Waals surface area (Å²) in [5.41, 5.74) is 1.31. The Morgan fingerprint density at radius 3 is 2.20 bits per heavy atom. The first-order chi connectivity index (χ1) is 9.23. The molecule has 0 aromatic carbocycles. The summed E-state index contributed by atoms with van der Waals surface area (Å²) in [5.74, 6) is -0.166. The number of hydrogen-bond acceptors (Lipinski definition) is 3. The van der Waals surface area contributed by atoms with Crippen molar-refractivity contribution in [3.8, 4) is 0 Å². The highest BCUT2D eigenvalue weighted by Gasteiger charge is 2.22. The van der Waals surface area contributed by atoms with Crippen molar-refractivity contribution in [3.63, 3.8) is 0 Å². The highest BCUT2D eigenvalue weighted by molar-refractivity contribution is 5.97. The van der Waals surface area contributed by atoms with E-state index in [9.17, 15) is 9.59 Å². The number of aryl methyl sites for hydroxylation is 2. The van der Waals surface area contributed by atoms with Crippen LogP contribution in [0, 0.1) is 32.6 Å². The Labute approximate surface area is 119 Å². The lowest BCUT2D eigenvalue weighted by Gasteiger charge is -2.15. The van der Waals surface area contributed by atoms with Crippen molar-refractivity contribution in [2.75, 3.05) is 6.54 Å². The Morgan fingerprint density at radius 1 is 1.20 bits per heavy atom. The van der Waals surface area contributed by atoms with Crippen molar-refractivity contribution in [1.82, 2.24) is 5.32 Å². The van der Waals surface area contributed by atoms with Gasteiger partial charge in [-0.2, -0.15) is 0 Å². The topological polar surface area (TPSA) is 79.5 Å². The molecule has 0 saturated carbocycles. The number of hydrogen-bond donors (Lipinski definition) is 2. The van der Waals surface area contributed by atoms with Crippen molar-refractivity contribution in [1.29, 1.82) is 0 Å². The molecule has 5 heteroatoms. The minimum Gasteiger partial charge on any atom is -0.481 e. The number of carbonyl (C=O) groups is 2. The molecule has 1 rings (SSSR count). The quantitative estimate of drug-likeness (QED) is 0.840. The third-order valence-electron chi connectivity index (χ3n) is 3.40. The van der Waals surface area contributed by atoms with E-state index in [0.717, 1.165) is 5.56 Å². The van der Waals surface area contributed by atoms with Gasteiger partial charge in [0.15, 0.2) is 0 Å². The highest BCUT2D eigenvalue weighted by atomic mass is 16.4. The number of aliphatic carboxylic acids is 1. The van der Waals surface area contributed by atoms with Crippen LogP contribution < -0.4 is 5.32 Å². The van der Waals surface area contributed by atoms with Crippen molar-refractivity contribution < 1.29 is 19.1 Å².